The molecule has 0 spiro atoms. The predicted octanol–water partition coefficient (Wildman–Crippen LogP) is 1.89. The van der Waals surface area contributed by atoms with Gasteiger partial charge in [-0.2, -0.15) is 0 Å². The molecular formula is C15H28N2O3. The summed E-state index contributed by atoms with van der Waals surface area (Å²) in [4.78, 5) is 14.3. The zero-order chi connectivity index (χ0) is 15.2. The van der Waals surface area contributed by atoms with Gasteiger partial charge in [0.05, 0.1) is 29.4 Å². The van der Waals surface area contributed by atoms with Gasteiger partial charge in [-0.25, -0.2) is 4.79 Å². The average molecular weight is 284 g/mol. The van der Waals surface area contributed by atoms with Crippen LogP contribution in [0.1, 0.15) is 53.9 Å². The van der Waals surface area contributed by atoms with Gasteiger partial charge in [0.25, 0.3) is 0 Å². The van der Waals surface area contributed by atoms with E-state index in [0.29, 0.717) is 6.54 Å². The Bertz CT molecular complexity index is 395. The number of carbonyl (C=O) groups excluding carboxylic acids is 1. The van der Waals surface area contributed by atoms with Crippen molar-refractivity contribution in [3.63, 3.8) is 0 Å². The summed E-state index contributed by atoms with van der Waals surface area (Å²) in [6.07, 6.45) is 2.60. The largest absolute Gasteiger partial charge is 0.394 e. The van der Waals surface area contributed by atoms with Crippen LogP contribution in [0.15, 0.2) is 0 Å². The van der Waals surface area contributed by atoms with Gasteiger partial charge >= 0.3 is 6.03 Å². The fourth-order valence-corrected chi connectivity index (χ4v) is 3.55. The summed E-state index contributed by atoms with van der Waals surface area (Å²) < 4.78 is 6.01. The summed E-state index contributed by atoms with van der Waals surface area (Å²) in [6, 6.07) is -0.0908. The van der Waals surface area contributed by atoms with Crippen LogP contribution in [0.4, 0.5) is 4.79 Å². The first-order chi connectivity index (χ1) is 9.10. The molecule has 2 amide bonds. The second-order valence-electron chi connectivity index (χ2n) is 7.58. The van der Waals surface area contributed by atoms with E-state index in [1.165, 1.54) is 0 Å². The molecule has 2 aliphatic heterocycles. The molecule has 0 unspecified atom stereocenters. The van der Waals surface area contributed by atoms with E-state index in [9.17, 15) is 9.90 Å². The fourth-order valence-electron chi connectivity index (χ4n) is 3.55. The Morgan fingerprint density at radius 2 is 2.00 bits per heavy atom. The third-order valence-corrected chi connectivity index (χ3v) is 4.71. The maximum atomic E-state index is 12.5. The van der Waals surface area contributed by atoms with Crippen molar-refractivity contribution in [2.75, 3.05) is 13.2 Å². The summed E-state index contributed by atoms with van der Waals surface area (Å²) in [6.45, 7) is 10.8. The van der Waals surface area contributed by atoms with Gasteiger partial charge in [-0.05, 0) is 53.9 Å². The summed E-state index contributed by atoms with van der Waals surface area (Å²) in [5.74, 6) is 0. The van der Waals surface area contributed by atoms with E-state index in [-0.39, 0.29) is 29.9 Å². The molecule has 5 heteroatoms. The molecular weight excluding hydrogens is 256 g/mol. The number of aliphatic hydroxyl groups is 1. The number of ether oxygens (including phenoxy) is 1. The number of urea groups is 1. The highest BCUT2D eigenvalue weighted by Gasteiger charge is 2.48. The lowest BCUT2D eigenvalue weighted by Crippen LogP contribution is -2.56. The minimum atomic E-state index is -0.427. The highest BCUT2D eigenvalue weighted by molar-refractivity contribution is 5.76. The van der Waals surface area contributed by atoms with Crippen molar-refractivity contribution in [1.29, 1.82) is 0 Å². The van der Waals surface area contributed by atoms with E-state index < -0.39 is 5.54 Å². The molecule has 2 rings (SSSR count). The first-order valence-corrected chi connectivity index (χ1v) is 7.49. The first kappa shape index (κ1) is 15.6. The van der Waals surface area contributed by atoms with Crippen LogP contribution in [-0.4, -0.2) is 52.0 Å². The highest BCUT2D eigenvalue weighted by atomic mass is 16.5. The molecule has 2 aliphatic rings. The van der Waals surface area contributed by atoms with Gasteiger partial charge in [-0.1, -0.05) is 0 Å². The number of nitrogens with one attached hydrogen (secondary N) is 1. The smallest absolute Gasteiger partial charge is 0.318 e. The zero-order valence-corrected chi connectivity index (χ0v) is 13.3. The van der Waals surface area contributed by atoms with E-state index >= 15 is 0 Å². The van der Waals surface area contributed by atoms with Crippen LogP contribution < -0.4 is 5.32 Å². The Labute approximate surface area is 121 Å². The average Bonchev–Trinajstić information content (AvgIpc) is 2.77. The fraction of sp³-hybridized carbons (Fsp3) is 0.933. The molecule has 2 atom stereocenters. The third-order valence-electron chi connectivity index (χ3n) is 4.71. The van der Waals surface area contributed by atoms with Gasteiger partial charge in [0.2, 0.25) is 0 Å². The van der Waals surface area contributed by atoms with Crippen LogP contribution in [0.3, 0.4) is 0 Å². The normalized spacial score (nSPS) is 35.3. The van der Waals surface area contributed by atoms with Crippen LogP contribution in [0.2, 0.25) is 0 Å². The lowest BCUT2D eigenvalue weighted by atomic mass is 9.94. The highest BCUT2D eigenvalue weighted by Crippen LogP contribution is 2.37. The zero-order valence-electron chi connectivity index (χ0n) is 13.3. The molecule has 2 fully saturated rings. The molecule has 0 aromatic heterocycles. The number of nitrogens with zero attached hydrogens (tertiary/aromatic N) is 1. The molecule has 116 valence electrons. The number of likely N-dealkylation sites (tertiary alicyclic amines) is 1. The Kier molecular flexibility index (Phi) is 3.80. The van der Waals surface area contributed by atoms with E-state index in [4.69, 9.17) is 4.74 Å². The number of hydrogen-bond acceptors (Lipinski definition) is 3. The van der Waals surface area contributed by atoms with Crippen molar-refractivity contribution in [3.8, 4) is 0 Å². The van der Waals surface area contributed by atoms with Gasteiger partial charge in [0, 0.05) is 6.54 Å². The molecule has 5 nitrogen and oxygen atoms in total. The summed E-state index contributed by atoms with van der Waals surface area (Å²) in [5, 5.41) is 12.7. The summed E-state index contributed by atoms with van der Waals surface area (Å²) in [7, 11) is 0. The molecule has 0 bridgehead atoms. The maximum Gasteiger partial charge on any atom is 0.318 e. The molecule has 0 aromatic carbocycles. The van der Waals surface area contributed by atoms with Gasteiger partial charge in [0.1, 0.15) is 0 Å². The molecule has 2 heterocycles. The van der Waals surface area contributed by atoms with Crippen LogP contribution in [0.25, 0.3) is 0 Å². The summed E-state index contributed by atoms with van der Waals surface area (Å²) >= 11 is 0. The quantitative estimate of drug-likeness (QED) is 0.814. The van der Waals surface area contributed by atoms with Crippen molar-refractivity contribution < 1.29 is 14.6 Å². The molecule has 0 aliphatic carbocycles. The monoisotopic (exact) mass is 284 g/mol. The minimum Gasteiger partial charge on any atom is -0.394 e. The number of hydrogen-bond donors (Lipinski definition) is 2. The van der Waals surface area contributed by atoms with Crippen molar-refractivity contribution >= 4 is 6.03 Å². The first-order valence-electron chi connectivity index (χ1n) is 7.49. The molecule has 0 saturated carbocycles. The van der Waals surface area contributed by atoms with Crippen LogP contribution in [0.5, 0.6) is 0 Å². The van der Waals surface area contributed by atoms with Gasteiger partial charge < -0.3 is 20.1 Å². The number of rotatable bonds is 2. The molecule has 2 N–H and O–H groups in total. The van der Waals surface area contributed by atoms with Crippen molar-refractivity contribution in [2.45, 2.75) is 76.7 Å². The maximum absolute atomic E-state index is 12.5. The topological polar surface area (TPSA) is 61.8 Å². The molecule has 0 radical (unpaired) electrons. The van der Waals surface area contributed by atoms with E-state index in [1.807, 2.05) is 20.8 Å². The van der Waals surface area contributed by atoms with Crippen LogP contribution in [-0.2, 0) is 4.74 Å². The van der Waals surface area contributed by atoms with E-state index in [1.54, 1.807) is 4.90 Å². The standard InChI is InChI=1S/C15H28N2O3/c1-13(2)9-11(14(3,4)20-13)16-12(19)17-8-6-7-15(17,5)10-18/h11,18H,6-10H2,1-5H3,(H,16,19)/t11-,15+/m1/s1. The van der Waals surface area contributed by atoms with Crippen molar-refractivity contribution in [3.05, 3.63) is 0 Å². The Balaban J connectivity index is 2.05. The predicted molar refractivity (Wildman–Crippen MR) is 77.6 cm³/mol. The van der Waals surface area contributed by atoms with Crippen LogP contribution in [0, 0.1) is 0 Å². The van der Waals surface area contributed by atoms with E-state index in [0.717, 1.165) is 19.3 Å². The number of carbonyl (C=O) groups is 1. The summed E-state index contributed by atoms with van der Waals surface area (Å²) in [5.41, 5.74) is -1.01. The van der Waals surface area contributed by atoms with Crippen molar-refractivity contribution in [1.82, 2.24) is 10.2 Å². The minimum absolute atomic E-state index is 0.00598. The Morgan fingerprint density at radius 1 is 1.35 bits per heavy atom. The molecule has 20 heavy (non-hydrogen) atoms. The number of amides is 2. The lowest BCUT2D eigenvalue weighted by molar-refractivity contribution is -0.0694. The van der Waals surface area contributed by atoms with Gasteiger partial charge in [-0.3, -0.25) is 0 Å². The second-order valence-corrected chi connectivity index (χ2v) is 7.58. The van der Waals surface area contributed by atoms with Crippen molar-refractivity contribution in [2.24, 2.45) is 0 Å². The second kappa shape index (κ2) is 4.88. The Morgan fingerprint density at radius 3 is 2.50 bits per heavy atom. The molecule has 2 saturated heterocycles. The number of aliphatic hydroxyl groups excluding tert-OH is 1. The lowest BCUT2D eigenvalue weighted by Gasteiger charge is -2.36. The van der Waals surface area contributed by atoms with Crippen LogP contribution >= 0.6 is 0 Å². The third kappa shape index (κ3) is 2.79. The molecule has 0 aromatic rings. The van der Waals surface area contributed by atoms with Gasteiger partial charge in [-0.15, -0.1) is 0 Å². The Hall–Kier alpha value is -0.810. The SMILES string of the molecule is CC1(C)C[C@@H](NC(=O)N2CCC[C@@]2(C)CO)C(C)(C)O1. The van der Waals surface area contributed by atoms with E-state index in [2.05, 4.69) is 19.2 Å². The van der Waals surface area contributed by atoms with Gasteiger partial charge in [0.15, 0.2) is 0 Å².